The van der Waals surface area contributed by atoms with Crippen LogP contribution >= 0.6 is 0 Å². The zero-order valence-electron chi connectivity index (χ0n) is 23.3. The lowest BCUT2D eigenvalue weighted by molar-refractivity contribution is -0.0521. The summed E-state index contributed by atoms with van der Waals surface area (Å²) in [7, 11) is 0. The Hall–Kier alpha value is -3.14. The Bertz CT molecular complexity index is 1250. The molecule has 0 saturated heterocycles. The lowest BCUT2D eigenvalue weighted by atomic mass is 9.85. The Morgan fingerprint density at radius 2 is 1.40 bits per heavy atom. The topological polar surface area (TPSA) is 18.5 Å². The molecule has 3 aromatic carbocycles. The molecule has 0 bridgehead atoms. The van der Waals surface area contributed by atoms with Crippen molar-refractivity contribution in [2.24, 2.45) is 5.92 Å². The van der Waals surface area contributed by atoms with Crippen molar-refractivity contribution in [1.82, 2.24) is 0 Å². The molecule has 2 nitrogen and oxygen atoms in total. The molecule has 0 atom stereocenters. The van der Waals surface area contributed by atoms with Gasteiger partial charge in [-0.1, -0.05) is 38.0 Å². The van der Waals surface area contributed by atoms with Crippen LogP contribution in [0.25, 0.3) is 22.3 Å². The standard InChI is InChI=1S/C19H9F7O.C13H25FO/c20-11-7-15(23)18(16(24)8-11)10-1-3-12(13(21)6-10)9-2-4-17(14(22)5-9)27-19(25)26;1-2-3-4-11-15-13-7-5-12(6-8-13)9-10-14/h1-8,19H;12-13H,2-11H2,1H3. The van der Waals surface area contributed by atoms with Gasteiger partial charge in [0.25, 0.3) is 0 Å². The minimum absolute atomic E-state index is 0.00165. The molecular formula is C32H34F8O2. The molecule has 0 amide bonds. The molecule has 0 radical (unpaired) electrons. The first-order chi connectivity index (χ1) is 20.1. The first-order valence-corrected chi connectivity index (χ1v) is 14.0. The Morgan fingerprint density at radius 3 is 1.98 bits per heavy atom. The Labute approximate surface area is 240 Å². The van der Waals surface area contributed by atoms with Gasteiger partial charge in [0, 0.05) is 24.3 Å². The Morgan fingerprint density at radius 1 is 0.762 bits per heavy atom. The second-order valence-electron chi connectivity index (χ2n) is 10.2. The highest BCUT2D eigenvalue weighted by Crippen LogP contribution is 2.33. The summed E-state index contributed by atoms with van der Waals surface area (Å²) in [4.78, 5) is 0. The van der Waals surface area contributed by atoms with Gasteiger partial charge in [0.05, 0.1) is 18.3 Å². The van der Waals surface area contributed by atoms with Crippen molar-refractivity contribution in [3.8, 4) is 28.0 Å². The molecule has 4 rings (SSSR count). The lowest BCUT2D eigenvalue weighted by Gasteiger charge is -2.28. The molecular weight excluding hydrogens is 568 g/mol. The van der Waals surface area contributed by atoms with Gasteiger partial charge in [0.2, 0.25) is 0 Å². The first kappa shape index (κ1) is 33.4. The number of hydrogen-bond acceptors (Lipinski definition) is 2. The number of hydrogen-bond donors (Lipinski definition) is 0. The zero-order chi connectivity index (χ0) is 30.6. The Balaban J connectivity index is 0.000000274. The number of alkyl halides is 3. The monoisotopic (exact) mass is 602 g/mol. The van der Waals surface area contributed by atoms with Crippen LogP contribution < -0.4 is 4.74 Å². The van der Waals surface area contributed by atoms with Gasteiger partial charge in [-0.25, -0.2) is 22.0 Å². The van der Waals surface area contributed by atoms with Crippen LogP contribution in [0.3, 0.4) is 0 Å². The smallest absolute Gasteiger partial charge is 0.387 e. The molecule has 1 aliphatic carbocycles. The van der Waals surface area contributed by atoms with E-state index in [9.17, 15) is 35.1 Å². The largest absolute Gasteiger partial charge is 0.432 e. The highest BCUT2D eigenvalue weighted by Gasteiger charge is 2.21. The number of halogens is 8. The fraction of sp³-hybridized carbons (Fsp3) is 0.438. The third-order valence-corrected chi connectivity index (χ3v) is 7.14. The Kier molecular flexibility index (Phi) is 13.1. The summed E-state index contributed by atoms with van der Waals surface area (Å²) >= 11 is 0. The van der Waals surface area contributed by atoms with Gasteiger partial charge in [-0.15, -0.1) is 0 Å². The molecule has 230 valence electrons. The van der Waals surface area contributed by atoms with Crippen LogP contribution in [0, 0.1) is 35.0 Å². The molecule has 0 spiro atoms. The van der Waals surface area contributed by atoms with E-state index in [1.54, 1.807) is 0 Å². The maximum atomic E-state index is 14.4. The van der Waals surface area contributed by atoms with Crippen molar-refractivity contribution < 1.29 is 44.6 Å². The van der Waals surface area contributed by atoms with Crippen molar-refractivity contribution in [1.29, 1.82) is 0 Å². The summed E-state index contributed by atoms with van der Waals surface area (Å²) in [6.45, 7) is -0.233. The average Bonchev–Trinajstić information content (AvgIpc) is 2.93. The van der Waals surface area contributed by atoms with E-state index >= 15 is 0 Å². The van der Waals surface area contributed by atoms with Gasteiger partial charge in [-0.3, -0.25) is 4.39 Å². The normalized spacial score (nSPS) is 16.7. The van der Waals surface area contributed by atoms with Crippen molar-refractivity contribution >= 4 is 0 Å². The van der Waals surface area contributed by atoms with E-state index in [4.69, 9.17) is 4.74 Å². The van der Waals surface area contributed by atoms with E-state index in [2.05, 4.69) is 11.7 Å². The van der Waals surface area contributed by atoms with Crippen LogP contribution in [0.4, 0.5) is 35.1 Å². The van der Waals surface area contributed by atoms with Crippen LogP contribution in [-0.4, -0.2) is 26.0 Å². The van der Waals surface area contributed by atoms with Gasteiger partial charge in [-0.05, 0) is 73.8 Å². The zero-order valence-corrected chi connectivity index (χ0v) is 23.3. The average molecular weight is 603 g/mol. The van der Waals surface area contributed by atoms with Crippen LogP contribution in [0.5, 0.6) is 5.75 Å². The fourth-order valence-corrected chi connectivity index (χ4v) is 4.93. The van der Waals surface area contributed by atoms with Crippen LogP contribution in [0.1, 0.15) is 58.3 Å². The van der Waals surface area contributed by atoms with Crippen LogP contribution in [0.15, 0.2) is 48.5 Å². The minimum atomic E-state index is -3.22. The lowest BCUT2D eigenvalue weighted by Crippen LogP contribution is -2.22. The number of benzene rings is 3. The summed E-state index contributed by atoms with van der Waals surface area (Å²) in [6, 6.07) is 6.86. The van der Waals surface area contributed by atoms with E-state index in [0.717, 1.165) is 56.2 Å². The molecule has 0 aliphatic heterocycles. The van der Waals surface area contributed by atoms with E-state index in [1.807, 2.05) is 0 Å². The van der Waals surface area contributed by atoms with Crippen molar-refractivity contribution in [2.45, 2.75) is 71.0 Å². The fourth-order valence-electron chi connectivity index (χ4n) is 4.93. The number of rotatable bonds is 11. The summed E-state index contributed by atoms with van der Waals surface area (Å²) in [5, 5.41) is 0. The van der Waals surface area contributed by atoms with Gasteiger partial charge < -0.3 is 9.47 Å². The molecule has 10 heteroatoms. The maximum Gasteiger partial charge on any atom is 0.387 e. The third kappa shape index (κ3) is 9.71. The van der Waals surface area contributed by atoms with Gasteiger partial charge in [-0.2, -0.15) is 8.78 Å². The first-order valence-electron chi connectivity index (χ1n) is 14.0. The summed E-state index contributed by atoms with van der Waals surface area (Å²) in [5.74, 6) is -5.69. The molecule has 0 N–H and O–H groups in total. The molecule has 1 fully saturated rings. The minimum Gasteiger partial charge on any atom is -0.432 e. The predicted molar refractivity (Wildman–Crippen MR) is 146 cm³/mol. The predicted octanol–water partition coefficient (Wildman–Crippen LogP) is 10.4. The quantitative estimate of drug-likeness (QED) is 0.161. The molecule has 42 heavy (non-hydrogen) atoms. The molecule has 3 aromatic rings. The van der Waals surface area contributed by atoms with Gasteiger partial charge in [0.1, 0.15) is 23.3 Å². The highest BCUT2D eigenvalue weighted by molar-refractivity contribution is 5.72. The van der Waals surface area contributed by atoms with Crippen LogP contribution in [0.2, 0.25) is 0 Å². The van der Waals surface area contributed by atoms with Crippen molar-refractivity contribution in [2.75, 3.05) is 13.3 Å². The van der Waals surface area contributed by atoms with Gasteiger partial charge in [0.15, 0.2) is 11.6 Å². The SMILES string of the molecule is CCCCCOC1CCC(CCF)CC1.Fc1cc(F)c(-c2ccc(-c3ccc(OC(F)F)c(F)c3)c(F)c2)c(F)c1. The highest BCUT2D eigenvalue weighted by atomic mass is 19.3. The summed E-state index contributed by atoms with van der Waals surface area (Å²) < 4.78 is 115. The van der Waals surface area contributed by atoms with Crippen molar-refractivity contribution in [3.05, 3.63) is 77.6 Å². The van der Waals surface area contributed by atoms with E-state index in [0.29, 0.717) is 24.2 Å². The second-order valence-corrected chi connectivity index (χ2v) is 10.2. The van der Waals surface area contributed by atoms with E-state index in [-0.39, 0.29) is 23.4 Å². The maximum absolute atomic E-state index is 14.4. The molecule has 0 heterocycles. The van der Waals surface area contributed by atoms with Gasteiger partial charge >= 0.3 is 6.61 Å². The summed E-state index contributed by atoms with van der Waals surface area (Å²) in [5.41, 5.74) is -0.944. The second kappa shape index (κ2) is 16.5. The van der Waals surface area contributed by atoms with Crippen molar-refractivity contribution in [3.63, 3.8) is 0 Å². The number of ether oxygens (including phenoxy) is 2. The number of unbranched alkanes of at least 4 members (excludes halogenated alkanes) is 2. The molecule has 0 aromatic heterocycles. The third-order valence-electron chi connectivity index (χ3n) is 7.14. The van der Waals surface area contributed by atoms with E-state index < -0.39 is 47.0 Å². The molecule has 1 saturated carbocycles. The van der Waals surface area contributed by atoms with Crippen LogP contribution in [-0.2, 0) is 4.74 Å². The molecule has 0 unspecified atom stereocenters. The molecule has 1 aliphatic rings. The van der Waals surface area contributed by atoms with E-state index in [1.165, 1.54) is 38.2 Å². The summed E-state index contributed by atoms with van der Waals surface area (Å²) in [6.07, 6.45) is 9.60.